The standard InChI is InChI=1S/C14H8FNO2S/c15-8-5-6-12-11(7-8)16-13(19-12)9-3-1-2-4-10(9)14(17)18/h1-7H,(H,17,18). The van der Waals surface area contributed by atoms with Crippen molar-refractivity contribution in [3.05, 3.63) is 53.8 Å². The molecule has 1 heterocycles. The summed E-state index contributed by atoms with van der Waals surface area (Å²) in [6.45, 7) is 0. The highest BCUT2D eigenvalue weighted by Gasteiger charge is 2.14. The molecule has 2 aromatic carbocycles. The summed E-state index contributed by atoms with van der Waals surface area (Å²) in [7, 11) is 0. The zero-order valence-corrected chi connectivity index (χ0v) is 10.4. The lowest BCUT2D eigenvalue weighted by molar-refractivity contribution is 0.0697. The summed E-state index contributed by atoms with van der Waals surface area (Å²) in [5.74, 6) is -1.35. The SMILES string of the molecule is O=C(O)c1ccccc1-c1nc2cc(F)ccc2s1. The molecule has 0 aliphatic heterocycles. The van der Waals surface area contributed by atoms with Crippen molar-refractivity contribution in [2.75, 3.05) is 0 Å². The van der Waals surface area contributed by atoms with E-state index in [-0.39, 0.29) is 11.4 Å². The molecule has 0 bridgehead atoms. The van der Waals surface area contributed by atoms with Gasteiger partial charge in [0.25, 0.3) is 0 Å². The van der Waals surface area contributed by atoms with E-state index < -0.39 is 5.97 Å². The summed E-state index contributed by atoms with van der Waals surface area (Å²) < 4.78 is 14.0. The first-order chi connectivity index (χ1) is 9.15. The summed E-state index contributed by atoms with van der Waals surface area (Å²) >= 11 is 1.35. The maximum atomic E-state index is 13.1. The van der Waals surface area contributed by atoms with Crippen LogP contribution in [0, 0.1) is 5.82 Å². The minimum atomic E-state index is -0.999. The molecule has 0 amide bonds. The van der Waals surface area contributed by atoms with Gasteiger partial charge >= 0.3 is 5.97 Å². The zero-order valence-electron chi connectivity index (χ0n) is 9.63. The van der Waals surface area contributed by atoms with Crippen LogP contribution in [0.25, 0.3) is 20.8 Å². The molecule has 5 heteroatoms. The van der Waals surface area contributed by atoms with Gasteiger partial charge in [-0.25, -0.2) is 14.2 Å². The second-order valence-corrected chi connectivity index (χ2v) is 5.01. The molecule has 0 aliphatic carbocycles. The lowest BCUT2D eigenvalue weighted by Gasteiger charge is -2.01. The Hall–Kier alpha value is -2.27. The molecular weight excluding hydrogens is 265 g/mol. The van der Waals surface area contributed by atoms with E-state index in [2.05, 4.69) is 4.98 Å². The molecule has 0 fully saturated rings. The summed E-state index contributed by atoms with van der Waals surface area (Å²) in [6.07, 6.45) is 0. The van der Waals surface area contributed by atoms with Crippen LogP contribution in [0.1, 0.15) is 10.4 Å². The topological polar surface area (TPSA) is 50.2 Å². The Bertz CT molecular complexity index is 782. The van der Waals surface area contributed by atoms with Crippen molar-refractivity contribution >= 4 is 27.5 Å². The van der Waals surface area contributed by atoms with Crippen molar-refractivity contribution in [2.45, 2.75) is 0 Å². The van der Waals surface area contributed by atoms with Gasteiger partial charge in [-0.3, -0.25) is 0 Å². The number of hydrogen-bond donors (Lipinski definition) is 1. The van der Waals surface area contributed by atoms with E-state index in [1.807, 2.05) is 0 Å². The van der Waals surface area contributed by atoms with Crippen molar-refractivity contribution in [3.63, 3.8) is 0 Å². The molecule has 19 heavy (non-hydrogen) atoms. The summed E-state index contributed by atoms with van der Waals surface area (Å²) in [5, 5.41) is 9.74. The Morgan fingerprint density at radius 1 is 1.21 bits per heavy atom. The smallest absolute Gasteiger partial charge is 0.336 e. The van der Waals surface area contributed by atoms with Gasteiger partial charge in [0.15, 0.2) is 0 Å². The normalized spacial score (nSPS) is 10.8. The quantitative estimate of drug-likeness (QED) is 0.772. The van der Waals surface area contributed by atoms with Crippen molar-refractivity contribution in [1.82, 2.24) is 4.98 Å². The highest BCUT2D eigenvalue weighted by molar-refractivity contribution is 7.21. The van der Waals surface area contributed by atoms with Crippen LogP contribution in [0.2, 0.25) is 0 Å². The van der Waals surface area contributed by atoms with Gasteiger partial charge in [0.2, 0.25) is 0 Å². The second-order valence-electron chi connectivity index (χ2n) is 3.98. The van der Waals surface area contributed by atoms with Gasteiger partial charge in [0.05, 0.1) is 15.8 Å². The number of carboxylic acids is 1. The summed E-state index contributed by atoms with van der Waals surface area (Å²) in [6, 6.07) is 11.0. The average Bonchev–Trinajstić information content (AvgIpc) is 2.81. The van der Waals surface area contributed by atoms with Crippen LogP contribution in [-0.4, -0.2) is 16.1 Å². The molecule has 0 aliphatic rings. The number of rotatable bonds is 2. The number of benzene rings is 2. The minimum absolute atomic E-state index is 0.196. The molecule has 1 N–H and O–H groups in total. The third-order valence-electron chi connectivity index (χ3n) is 2.74. The van der Waals surface area contributed by atoms with Crippen LogP contribution in [0.3, 0.4) is 0 Å². The number of thiazole rings is 1. The highest BCUT2D eigenvalue weighted by Crippen LogP contribution is 2.32. The number of nitrogens with zero attached hydrogens (tertiary/aromatic N) is 1. The summed E-state index contributed by atoms with van der Waals surface area (Å²) in [4.78, 5) is 15.5. The van der Waals surface area contributed by atoms with E-state index in [4.69, 9.17) is 5.11 Å². The van der Waals surface area contributed by atoms with Crippen LogP contribution < -0.4 is 0 Å². The zero-order chi connectivity index (χ0) is 13.4. The van der Waals surface area contributed by atoms with E-state index >= 15 is 0 Å². The van der Waals surface area contributed by atoms with E-state index in [0.717, 1.165) is 4.70 Å². The Kier molecular flexibility index (Phi) is 2.76. The van der Waals surface area contributed by atoms with Crippen LogP contribution in [0.15, 0.2) is 42.5 Å². The molecule has 94 valence electrons. The Morgan fingerprint density at radius 2 is 2.00 bits per heavy atom. The number of aromatic carboxylic acids is 1. The number of halogens is 1. The van der Waals surface area contributed by atoms with E-state index in [0.29, 0.717) is 16.1 Å². The fourth-order valence-corrected chi connectivity index (χ4v) is 2.86. The number of carboxylic acid groups (broad SMARTS) is 1. The Balaban J connectivity index is 2.22. The Morgan fingerprint density at radius 3 is 2.79 bits per heavy atom. The minimum Gasteiger partial charge on any atom is -0.478 e. The molecule has 0 saturated heterocycles. The van der Waals surface area contributed by atoms with Crippen LogP contribution >= 0.6 is 11.3 Å². The van der Waals surface area contributed by atoms with E-state index in [1.54, 1.807) is 24.3 Å². The van der Waals surface area contributed by atoms with Crippen molar-refractivity contribution in [1.29, 1.82) is 0 Å². The summed E-state index contributed by atoms with van der Waals surface area (Å²) in [5.41, 5.74) is 1.29. The fraction of sp³-hybridized carbons (Fsp3) is 0. The lowest BCUT2D eigenvalue weighted by Crippen LogP contribution is -1.98. The van der Waals surface area contributed by atoms with Crippen LogP contribution in [0.5, 0.6) is 0 Å². The molecule has 0 unspecified atom stereocenters. The third-order valence-corrected chi connectivity index (χ3v) is 3.81. The predicted molar refractivity (Wildman–Crippen MR) is 72.0 cm³/mol. The van der Waals surface area contributed by atoms with Gasteiger partial charge < -0.3 is 5.11 Å². The number of fused-ring (bicyclic) bond motifs is 1. The average molecular weight is 273 g/mol. The van der Waals surface area contributed by atoms with Gasteiger partial charge in [-0.05, 0) is 18.2 Å². The number of aromatic nitrogens is 1. The first-order valence-electron chi connectivity index (χ1n) is 5.54. The van der Waals surface area contributed by atoms with Gasteiger partial charge in [-0.15, -0.1) is 11.3 Å². The molecular formula is C14H8FNO2S. The first kappa shape index (κ1) is 11.8. The van der Waals surface area contributed by atoms with Crippen molar-refractivity contribution in [2.24, 2.45) is 0 Å². The molecule has 0 spiro atoms. The van der Waals surface area contributed by atoms with Gasteiger partial charge in [0.1, 0.15) is 10.8 Å². The van der Waals surface area contributed by atoms with Crippen LogP contribution in [0.4, 0.5) is 4.39 Å². The number of hydrogen-bond acceptors (Lipinski definition) is 3. The molecule has 3 aromatic rings. The van der Waals surface area contributed by atoms with Crippen molar-refractivity contribution < 1.29 is 14.3 Å². The molecule has 0 atom stereocenters. The third kappa shape index (κ3) is 2.08. The largest absolute Gasteiger partial charge is 0.478 e. The molecule has 3 rings (SSSR count). The number of carbonyl (C=O) groups is 1. The Labute approximate surface area is 112 Å². The predicted octanol–water partition coefficient (Wildman–Crippen LogP) is 3.80. The maximum Gasteiger partial charge on any atom is 0.336 e. The van der Waals surface area contributed by atoms with E-state index in [9.17, 15) is 9.18 Å². The molecule has 3 nitrogen and oxygen atoms in total. The fourth-order valence-electron chi connectivity index (χ4n) is 1.87. The lowest BCUT2D eigenvalue weighted by atomic mass is 10.1. The van der Waals surface area contributed by atoms with Gasteiger partial charge in [0, 0.05) is 11.6 Å². The van der Waals surface area contributed by atoms with Gasteiger partial charge in [-0.2, -0.15) is 0 Å². The second kappa shape index (κ2) is 4.44. The van der Waals surface area contributed by atoms with Crippen LogP contribution in [-0.2, 0) is 0 Å². The highest BCUT2D eigenvalue weighted by atomic mass is 32.1. The monoisotopic (exact) mass is 273 g/mol. The van der Waals surface area contributed by atoms with Crippen molar-refractivity contribution in [3.8, 4) is 10.6 Å². The maximum absolute atomic E-state index is 13.1. The molecule has 0 saturated carbocycles. The molecule has 0 radical (unpaired) electrons. The first-order valence-corrected chi connectivity index (χ1v) is 6.35. The van der Waals surface area contributed by atoms with E-state index in [1.165, 1.54) is 29.5 Å². The molecule has 1 aromatic heterocycles. The van der Waals surface area contributed by atoms with Gasteiger partial charge in [-0.1, -0.05) is 18.2 Å².